The van der Waals surface area contributed by atoms with Gasteiger partial charge in [-0.15, -0.1) is 0 Å². The van der Waals surface area contributed by atoms with Crippen LogP contribution in [0.5, 0.6) is 0 Å². The Balaban J connectivity index is 2.80. The number of sulfonamides is 1. The number of benzene rings is 1. The monoisotopic (exact) mass is 385 g/mol. The SMILES string of the molecule is CCC(CO)NS(=O)(=O)CCCS(=O)(=O)c1ccc(C#N)c(C#N)c1. The van der Waals surface area contributed by atoms with Crippen molar-refractivity contribution in [2.24, 2.45) is 0 Å². The highest BCUT2D eigenvalue weighted by atomic mass is 32.2. The summed E-state index contributed by atoms with van der Waals surface area (Å²) in [6, 6.07) is 6.53. The van der Waals surface area contributed by atoms with Gasteiger partial charge in [0.25, 0.3) is 0 Å². The van der Waals surface area contributed by atoms with Gasteiger partial charge in [0.2, 0.25) is 10.0 Å². The van der Waals surface area contributed by atoms with Gasteiger partial charge >= 0.3 is 0 Å². The van der Waals surface area contributed by atoms with Crippen molar-refractivity contribution in [3.05, 3.63) is 29.3 Å². The van der Waals surface area contributed by atoms with Crippen LogP contribution in [0.25, 0.3) is 0 Å². The average molecular weight is 385 g/mol. The van der Waals surface area contributed by atoms with Crippen molar-refractivity contribution in [1.29, 1.82) is 10.5 Å². The summed E-state index contributed by atoms with van der Waals surface area (Å²) in [6.45, 7) is 1.38. The maximum absolute atomic E-state index is 12.3. The molecule has 0 spiro atoms. The lowest BCUT2D eigenvalue weighted by Crippen LogP contribution is -2.38. The molecule has 136 valence electrons. The number of aliphatic hydroxyl groups excluding tert-OH is 1. The summed E-state index contributed by atoms with van der Waals surface area (Å²) in [5, 5.41) is 26.8. The normalized spacial score (nSPS) is 13.0. The van der Waals surface area contributed by atoms with Crippen molar-refractivity contribution >= 4 is 19.9 Å². The van der Waals surface area contributed by atoms with Gasteiger partial charge in [-0.05, 0) is 31.0 Å². The molecule has 0 amide bonds. The number of nitrogens with zero attached hydrogens (tertiary/aromatic N) is 2. The van der Waals surface area contributed by atoms with Crippen molar-refractivity contribution in [2.45, 2.75) is 30.7 Å². The second-order valence-corrected chi connectivity index (χ2v) is 9.31. The summed E-state index contributed by atoms with van der Waals surface area (Å²) < 4.78 is 50.6. The predicted molar refractivity (Wildman–Crippen MR) is 90.6 cm³/mol. The van der Waals surface area contributed by atoms with Crippen LogP contribution in [-0.4, -0.2) is 46.1 Å². The van der Waals surface area contributed by atoms with Crippen LogP contribution in [0.1, 0.15) is 30.9 Å². The highest BCUT2D eigenvalue weighted by Crippen LogP contribution is 2.17. The average Bonchev–Trinajstić information content (AvgIpc) is 2.58. The molecule has 0 saturated carbocycles. The number of nitrogens with one attached hydrogen (secondary N) is 1. The second-order valence-electron chi connectivity index (χ2n) is 5.33. The summed E-state index contributed by atoms with van der Waals surface area (Å²) in [7, 11) is -7.48. The van der Waals surface area contributed by atoms with Crippen LogP contribution < -0.4 is 4.72 Å². The van der Waals surface area contributed by atoms with Crippen molar-refractivity contribution in [2.75, 3.05) is 18.1 Å². The minimum Gasteiger partial charge on any atom is -0.395 e. The molecule has 0 aromatic heterocycles. The van der Waals surface area contributed by atoms with Crippen LogP contribution in [0.15, 0.2) is 23.1 Å². The molecule has 1 atom stereocenters. The molecular weight excluding hydrogens is 366 g/mol. The van der Waals surface area contributed by atoms with Crippen molar-refractivity contribution in [3.8, 4) is 12.1 Å². The molecule has 0 saturated heterocycles. The van der Waals surface area contributed by atoms with Gasteiger partial charge in [0.1, 0.15) is 12.1 Å². The Hall–Kier alpha value is -1.98. The van der Waals surface area contributed by atoms with E-state index < -0.39 is 37.4 Å². The molecule has 0 aliphatic heterocycles. The zero-order valence-corrected chi connectivity index (χ0v) is 15.3. The first-order valence-electron chi connectivity index (χ1n) is 7.47. The Morgan fingerprint density at radius 3 is 2.28 bits per heavy atom. The van der Waals surface area contributed by atoms with Gasteiger partial charge in [0.05, 0.1) is 34.1 Å². The summed E-state index contributed by atoms with van der Waals surface area (Å²) >= 11 is 0. The highest BCUT2D eigenvalue weighted by Gasteiger charge is 2.20. The molecule has 1 aromatic rings. The molecule has 0 aliphatic rings. The van der Waals surface area contributed by atoms with Gasteiger partial charge in [0.15, 0.2) is 9.84 Å². The van der Waals surface area contributed by atoms with Gasteiger partial charge in [0, 0.05) is 6.04 Å². The van der Waals surface area contributed by atoms with E-state index in [4.69, 9.17) is 15.6 Å². The van der Waals surface area contributed by atoms with Crippen LogP contribution >= 0.6 is 0 Å². The summed E-state index contributed by atoms with van der Waals surface area (Å²) in [6.07, 6.45) is 0.275. The molecule has 25 heavy (non-hydrogen) atoms. The molecule has 0 aliphatic carbocycles. The third kappa shape index (κ3) is 6.11. The molecular formula is C15H19N3O5S2. The molecule has 8 nitrogen and oxygen atoms in total. The summed E-state index contributed by atoms with van der Waals surface area (Å²) in [5.74, 6) is -0.815. The molecule has 1 unspecified atom stereocenters. The lowest BCUT2D eigenvalue weighted by molar-refractivity contribution is 0.254. The molecule has 1 aromatic carbocycles. The van der Waals surface area contributed by atoms with E-state index in [1.165, 1.54) is 12.1 Å². The first kappa shape index (κ1) is 21.1. The van der Waals surface area contributed by atoms with E-state index in [1.54, 1.807) is 19.1 Å². The fourth-order valence-corrected chi connectivity index (χ4v) is 4.93. The number of hydrogen-bond donors (Lipinski definition) is 2. The van der Waals surface area contributed by atoms with E-state index in [9.17, 15) is 16.8 Å². The summed E-state index contributed by atoms with van der Waals surface area (Å²) in [5.41, 5.74) is 0.0226. The number of sulfone groups is 1. The van der Waals surface area contributed by atoms with Crippen molar-refractivity contribution in [1.82, 2.24) is 4.72 Å². The topological polar surface area (TPSA) is 148 Å². The zero-order chi connectivity index (χ0) is 19.1. The largest absolute Gasteiger partial charge is 0.395 e. The summed E-state index contributed by atoms with van der Waals surface area (Å²) in [4.78, 5) is -0.129. The first-order valence-corrected chi connectivity index (χ1v) is 10.8. The Morgan fingerprint density at radius 1 is 1.12 bits per heavy atom. The third-order valence-electron chi connectivity index (χ3n) is 3.48. The van der Waals surface area contributed by atoms with Crippen molar-refractivity contribution in [3.63, 3.8) is 0 Å². The maximum Gasteiger partial charge on any atom is 0.211 e. The fourth-order valence-electron chi connectivity index (χ4n) is 2.03. The van der Waals surface area contributed by atoms with Crippen LogP contribution in [0.2, 0.25) is 0 Å². The van der Waals surface area contributed by atoms with Crippen LogP contribution in [0, 0.1) is 22.7 Å². The predicted octanol–water partition coefficient (Wildman–Crippen LogP) is 0.284. The first-order chi connectivity index (χ1) is 11.7. The lowest BCUT2D eigenvalue weighted by atomic mass is 10.1. The van der Waals surface area contributed by atoms with Crippen LogP contribution in [-0.2, 0) is 19.9 Å². The molecule has 2 N–H and O–H groups in total. The zero-order valence-electron chi connectivity index (χ0n) is 13.6. The molecule has 0 radical (unpaired) electrons. The molecule has 0 bridgehead atoms. The molecule has 0 heterocycles. The molecule has 10 heteroatoms. The van der Waals surface area contributed by atoms with Crippen LogP contribution in [0.3, 0.4) is 0 Å². The Labute approximate surface area is 147 Å². The minimum absolute atomic E-state index is 0.0494. The molecule has 1 rings (SSSR count). The Kier molecular flexibility index (Phi) is 7.52. The third-order valence-corrected chi connectivity index (χ3v) is 6.79. The molecule has 0 fully saturated rings. The van der Waals surface area contributed by atoms with Gasteiger partial charge < -0.3 is 5.11 Å². The van der Waals surface area contributed by atoms with Crippen molar-refractivity contribution < 1.29 is 21.9 Å². The highest BCUT2D eigenvalue weighted by molar-refractivity contribution is 7.91. The number of aliphatic hydroxyl groups is 1. The van der Waals surface area contributed by atoms with E-state index in [2.05, 4.69) is 4.72 Å². The van der Waals surface area contributed by atoms with E-state index in [1.807, 2.05) is 0 Å². The van der Waals surface area contributed by atoms with Gasteiger partial charge in [-0.2, -0.15) is 10.5 Å². The maximum atomic E-state index is 12.3. The number of hydrogen-bond acceptors (Lipinski definition) is 7. The Bertz CT molecular complexity index is 892. The smallest absolute Gasteiger partial charge is 0.211 e. The quantitative estimate of drug-likeness (QED) is 0.620. The van der Waals surface area contributed by atoms with Crippen LogP contribution in [0.4, 0.5) is 0 Å². The second kappa shape index (κ2) is 8.92. The van der Waals surface area contributed by atoms with Gasteiger partial charge in [-0.3, -0.25) is 0 Å². The van der Waals surface area contributed by atoms with E-state index in [0.717, 1.165) is 6.07 Å². The Morgan fingerprint density at radius 2 is 1.76 bits per heavy atom. The van der Waals surface area contributed by atoms with Gasteiger partial charge in [-0.25, -0.2) is 21.6 Å². The van der Waals surface area contributed by atoms with Gasteiger partial charge in [-0.1, -0.05) is 6.92 Å². The standard InChI is InChI=1S/C15H19N3O5S2/c1-2-14(11-19)18-25(22,23)7-3-6-24(20,21)15-5-4-12(9-16)13(8-15)10-17/h4-5,8,14,18-19H,2-3,6-7,11H2,1H3. The van der Waals surface area contributed by atoms with E-state index in [0.29, 0.717) is 6.42 Å². The van der Waals surface area contributed by atoms with E-state index >= 15 is 0 Å². The fraction of sp³-hybridized carbons (Fsp3) is 0.467. The lowest BCUT2D eigenvalue weighted by Gasteiger charge is -2.14. The number of nitriles is 2. The minimum atomic E-state index is -3.78. The van der Waals surface area contributed by atoms with E-state index in [-0.39, 0.29) is 29.1 Å². The number of rotatable bonds is 9.